The summed E-state index contributed by atoms with van der Waals surface area (Å²) in [5, 5.41) is 0. The van der Waals surface area contributed by atoms with Gasteiger partial charge in [-0.1, -0.05) is 30.3 Å². The monoisotopic (exact) mass is 216 g/mol. The predicted octanol–water partition coefficient (Wildman–Crippen LogP) is 2.55. The van der Waals surface area contributed by atoms with Crippen LogP contribution in [0.15, 0.2) is 42.7 Å². The van der Waals surface area contributed by atoms with Gasteiger partial charge in [-0.3, -0.25) is 0 Å². The van der Waals surface area contributed by atoms with E-state index in [0.29, 0.717) is 12.4 Å². The SMILES string of the molecule is CCOC(=O)n1ccnc1-c1ccccc1. The number of carbonyl (C=O) groups is 1. The molecular weight excluding hydrogens is 204 g/mol. The van der Waals surface area contributed by atoms with Crippen LogP contribution < -0.4 is 0 Å². The Balaban J connectivity index is 2.37. The Morgan fingerprint density at radius 3 is 2.81 bits per heavy atom. The van der Waals surface area contributed by atoms with E-state index in [0.717, 1.165) is 5.56 Å². The molecule has 0 amide bonds. The van der Waals surface area contributed by atoms with Crippen molar-refractivity contribution in [1.29, 1.82) is 0 Å². The van der Waals surface area contributed by atoms with Crippen LogP contribution in [0.3, 0.4) is 0 Å². The molecule has 0 aliphatic rings. The molecule has 0 bridgehead atoms. The van der Waals surface area contributed by atoms with Crippen LogP contribution in [0.5, 0.6) is 0 Å². The van der Waals surface area contributed by atoms with E-state index in [1.165, 1.54) is 4.57 Å². The van der Waals surface area contributed by atoms with Gasteiger partial charge in [0.25, 0.3) is 0 Å². The third kappa shape index (κ3) is 1.95. The highest BCUT2D eigenvalue weighted by molar-refractivity contribution is 5.76. The van der Waals surface area contributed by atoms with E-state index < -0.39 is 6.09 Å². The lowest BCUT2D eigenvalue weighted by atomic mass is 10.2. The summed E-state index contributed by atoms with van der Waals surface area (Å²) in [6.45, 7) is 2.13. The normalized spacial score (nSPS) is 10.1. The van der Waals surface area contributed by atoms with Crippen molar-refractivity contribution in [2.45, 2.75) is 6.92 Å². The highest BCUT2D eigenvalue weighted by atomic mass is 16.5. The maximum Gasteiger partial charge on any atom is 0.419 e. The van der Waals surface area contributed by atoms with Crippen LogP contribution in [-0.2, 0) is 4.74 Å². The molecule has 4 nitrogen and oxygen atoms in total. The van der Waals surface area contributed by atoms with Crippen molar-refractivity contribution in [3.63, 3.8) is 0 Å². The first-order valence-corrected chi connectivity index (χ1v) is 5.09. The number of aromatic nitrogens is 2. The second-order valence-electron chi connectivity index (χ2n) is 3.19. The summed E-state index contributed by atoms with van der Waals surface area (Å²) < 4.78 is 6.33. The summed E-state index contributed by atoms with van der Waals surface area (Å²) in [5.74, 6) is 0.596. The zero-order valence-corrected chi connectivity index (χ0v) is 8.96. The molecule has 1 aromatic heterocycles. The Kier molecular flexibility index (Phi) is 3.00. The fraction of sp³-hybridized carbons (Fsp3) is 0.167. The van der Waals surface area contributed by atoms with E-state index in [2.05, 4.69) is 4.98 Å². The molecule has 1 aromatic carbocycles. The average molecular weight is 216 g/mol. The van der Waals surface area contributed by atoms with Crippen molar-refractivity contribution in [1.82, 2.24) is 9.55 Å². The molecule has 0 radical (unpaired) electrons. The van der Waals surface area contributed by atoms with E-state index in [1.54, 1.807) is 19.3 Å². The maximum atomic E-state index is 11.6. The molecular formula is C12H12N2O2. The van der Waals surface area contributed by atoms with Gasteiger partial charge in [0.05, 0.1) is 6.61 Å². The molecule has 82 valence electrons. The number of imidazole rings is 1. The molecule has 4 heteroatoms. The van der Waals surface area contributed by atoms with Gasteiger partial charge in [0.2, 0.25) is 0 Å². The Morgan fingerprint density at radius 2 is 2.12 bits per heavy atom. The van der Waals surface area contributed by atoms with Crippen LogP contribution in [-0.4, -0.2) is 22.3 Å². The molecule has 0 fully saturated rings. The first-order valence-electron chi connectivity index (χ1n) is 5.09. The van der Waals surface area contributed by atoms with E-state index in [4.69, 9.17) is 4.74 Å². The molecule has 16 heavy (non-hydrogen) atoms. The molecule has 0 N–H and O–H groups in total. The first-order chi connectivity index (χ1) is 7.83. The van der Waals surface area contributed by atoms with Crippen molar-refractivity contribution in [3.8, 4) is 11.4 Å². The number of benzene rings is 1. The Labute approximate surface area is 93.5 Å². The maximum absolute atomic E-state index is 11.6. The first kappa shape index (κ1) is 10.4. The van der Waals surface area contributed by atoms with Gasteiger partial charge in [-0.15, -0.1) is 0 Å². The van der Waals surface area contributed by atoms with Crippen LogP contribution in [0.1, 0.15) is 6.92 Å². The minimum atomic E-state index is -0.404. The zero-order chi connectivity index (χ0) is 11.4. The molecule has 0 spiro atoms. The minimum Gasteiger partial charge on any atom is -0.449 e. The molecule has 0 aliphatic carbocycles. The summed E-state index contributed by atoms with van der Waals surface area (Å²) in [6.07, 6.45) is 2.78. The summed E-state index contributed by atoms with van der Waals surface area (Å²) >= 11 is 0. The lowest BCUT2D eigenvalue weighted by Gasteiger charge is -2.05. The predicted molar refractivity (Wildman–Crippen MR) is 60.1 cm³/mol. The van der Waals surface area contributed by atoms with Crippen LogP contribution in [0, 0.1) is 0 Å². The zero-order valence-electron chi connectivity index (χ0n) is 8.96. The summed E-state index contributed by atoms with van der Waals surface area (Å²) in [4.78, 5) is 15.8. The Hall–Kier alpha value is -2.10. The number of hydrogen-bond acceptors (Lipinski definition) is 3. The van der Waals surface area contributed by atoms with Gasteiger partial charge >= 0.3 is 6.09 Å². The molecule has 0 saturated carbocycles. The van der Waals surface area contributed by atoms with Crippen LogP contribution in [0.25, 0.3) is 11.4 Å². The van der Waals surface area contributed by atoms with Gasteiger partial charge in [-0.25, -0.2) is 14.3 Å². The summed E-state index contributed by atoms with van der Waals surface area (Å²) in [6, 6.07) is 9.52. The van der Waals surface area contributed by atoms with Crippen molar-refractivity contribution in [3.05, 3.63) is 42.7 Å². The van der Waals surface area contributed by atoms with Crippen molar-refractivity contribution < 1.29 is 9.53 Å². The van der Waals surface area contributed by atoms with Crippen molar-refractivity contribution in [2.75, 3.05) is 6.61 Å². The third-order valence-electron chi connectivity index (χ3n) is 2.14. The Bertz CT molecular complexity index is 477. The van der Waals surface area contributed by atoms with Crippen molar-refractivity contribution >= 4 is 6.09 Å². The van der Waals surface area contributed by atoms with Crippen LogP contribution in [0.2, 0.25) is 0 Å². The molecule has 1 heterocycles. The second-order valence-corrected chi connectivity index (χ2v) is 3.19. The average Bonchev–Trinajstić information content (AvgIpc) is 2.79. The fourth-order valence-electron chi connectivity index (χ4n) is 1.44. The highest BCUT2D eigenvalue weighted by Crippen LogP contribution is 2.16. The number of hydrogen-bond donors (Lipinski definition) is 0. The number of carbonyl (C=O) groups excluding carboxylic acids is 1. The summed E-state index contributed by atoms with van der Waals surface area (Å²) in [7, 11) is 0. The lowest BCUT2D eigenvalue weighted by molar-refractivity contribution is 0.154. The van der Waals surface area contributed by atoms with Gasteiger partial charge in [-0.05, 0) is 6.92 Å². The van der Waals surface area contributed by atoms with E-state index >= 15 is 0 Å². The molecule has 2 rings (SSSR count). The second kappa shape index (κ2) is 4.61. The molecule has 0 atom stereocenters. The van der Waals surface area contributed by atoms with E-state index in [-0.39, 0.29) is 0 Å². The Morgan fingerprint density at radius 1 is 1.38 bits per heavy atom. The lowest BCUT2D eigenvalue weighted by Crippen LogP contribution is -2.13. The molecule has 2 aromatic rings. The standard InChI is InChI=1S/C12H12N2O2/c1-2-16-12(15)14-9-8-13-11(14)10-6-4-3-5-7-10/h3-9H,2H2,1H3. The van der Waals surface area contributed by atoms with E-state index in [9.17, 15) is 4.79 Å². The number of ether oxygens (including phenoxy) is 1. The molecule has 0 aliphatic heterocycles. The largest absolute Gasteiger partial charge is 0.449 e. The van der Waals surface area contributed by atoms with Gasteiger partial charge in [0.15, 0.2) is 0 Å². The van der Waals surface area contributed by atoms with Gasteiger partial charge in [0.1, 0.15) is 5.82 Å². The topological polar surface area (TPSA) is 44.1 Å². The summed E-state index contributed by atoms with van der Waals surface area (Å²) in [5.41, 5.74) is 0.889. The molecule has 0 unspecified atom stereocenters. The van der Waals surface area contributed by atoms with Crippen LogP contribution in [0.4, 0.5) is 4.79 Å². The molecule has 0 saturated heterocycles. The quantitative estimate of drug-likeness (QED) is 0.774. The van der Waals surface area contributed by atoms with Crippen molar-refractivity contribution in [2.24, 2.45) is 0 Å². The van der Waals surface area contributed by atoms with Gasteiger partial charge in [-0.2, -0.15) is 0 Å². The smallest absolute Gasteiger partial charge is 0.419 e. The number of rotatable bonds is 2. The fourth-order valence-corrected chi connectivity index (χ4v) is 1.44. The van der Waals surface area contributed by atoms with Crippen LogP contribution >= 0.6 is 0 Å². The number of nitrogens with zero attached hydrogens (tertiary/aromatic N) is 2. The minimum absolute atomic E-state index is 0.352. The highest BCUT2D eigenvalue weighted by Gasteiger charge is 2.12. The van der Waals surface area contributed by atoms with Gasteiger partial charge in [0, 0.05) is 18.0 Å². The van der Waals surface area contributed by atoms with Gasteiger partial charge < -0.3 is 4.74 Å². The third-order valence-corrected chi connectivity index (χ3v) is 2.14. The van der Waals surface area contributed by atoms with E-state index in [1.807, 2.05) is 30.3 Å².